The molecule has 36 heavy (non-hydrogen) atoms. The summed E-state index contributed by atoms with van der Waals surface area (Å²) < 4.78 is -0.774. The molecule has 0 aliphatic carbocycles. The topological polar surface area (TPSA) is 98.7 Å². The molecule has 2 bridgehead atoms. The molecule has 7 nitrogen and oxygen atoms in total. The Hall–Kier alpha value is -1.29. The van der Waals surface area contributed by atoms with Crippen LogP contribution in [-0.4, -0.2) is 67.8 Å². The average molecular weight is 601 g/mol. The van der Waals surface area contributed by atoms with Crippen molar-refractivity contribution in [3.05, 3.63) is 28.8 Å². The van der Waals surface area contributed by atoms with E-state index in [4.69, 9.17) is 11.6 Å². The van der Waals surface area contributed by atoms with Crippen LogP contribution in [0.25, 0.3) is 0 Å². The molecule has 0 radical (unpaired) electrons. The molecule has 0 aromatic heterocycles. The van der Waals surface area contributed by atoms with Gasteiger partial charge in [0.1, 0.15) is 6.04 Å². The van der Waals surface area contributed by atoms with E-state index in [1.807, 2.05) is 39.8 Å². The number of aryl methyl sites for hydroxylation is 1. The van der Waals surface area contributed by atoms with E-state index in [9.17, 15) is 19.5 Å². The highest BCUT2D eigenvalue weighted by molar-refractivity contribution is 9.09. The van der Waals surface area contributed by atoms with E-state index in [0.717, 1.165) is 18.4 Å². The third-order valence-electron chi connectivity index (χ3n) is 8.14. The molecule has 1 aromatic rings. The molecule has 3 amide bonds. The highest BCUT2D eigenvalue weighted by atomic mass is 79.9. The molecule has 10 heteroatoms. The van der Waals surface area contributed by atoms with Crippen LogP contribution in [0.15, 0.2) is 18.2 Å². The maximum absolute atomic E-state index is 14.2. The Labute approximate surface area is 230 Å². The number of para-hydroxylation sites is 1. The van der Waals surface area contributed by atoms with Crippen LogP contribution >= 0.6 is 39.3 Å². The molecule has 8 atom stereocenters. The van der Waals surface area contributed by atoms with Gasteiger partial charge in [0.15, 0.2) is 0 Å². The molecule has 1 spiro atoms. The summed E-state index contributed by atoms with van der Waals surface area (Å²) >= 11 is 11.8. The van der Waals surface area contributed by atoms with Crippen LogP contribution < -0.4 is 10.6 Å². The number of nitrogens with zero attached hydrogens (tertiary/aromatic N) is 1. The second kappa shape index (κ2) is 10.8. The molecule has 3 aliphatic heterocycles. The van der Waals surface area contributed by atoms with Crippen LogP contribution in [0.2, 0.25) is 5.02 Å². The van der Waals surface area contributed by atoms with Gasteiger partial charge in [-0.3, -0.25) is 14.4 Å². The Morgan fingerprint density at radius 3 is 2.67 bits per heavy atom. The van der Waals surface area contributed by atoms with Crippen LogP contribution in [0.1, 0.15) is 45.6 Å². The lowest BCUT2D eigenvalue weighted by Crippen LogP contribution is -2.56. The van der Waals surface area contributed by atoms with Gasteiger partial charge in [-0.05, 0) is 37.3 Å². The zero-order valence-corrected chi connectivity index (χ0v) is 24.3. The minimum absolute atomic E-state index is 0.00241. The second-order valence-electron chi connectivity index (χ2n) is 10.3. The number of carbonyl (C=O) groups excluding carboxylic acids is 3. The lowest BCUT2D eigenvalue weighted by molar-refractivity contribution is -0.143. The van der Waals surface area contributed by atoms with Crippen molar-refractivity contribution in [1.82, 2.24) is 10.2 Å². The summed E-state index contributed by atoms with van der Waals surface area (Å²) in [6.07, 6.45) is 2.12. The van der Waals surface area contributed by atoms with Gasteiger partial charge in [0.25, 0.3) is 0 Å². The first-order chi connectivity index (χ1) is 17.1. The SMILES string of the molecule is CCCNC(=O)[C@H]1[C@@H]2SC3(CC2Br)C(C(=O)Nc2c(C)cccc2Cl)N([C@@H](CO)[C@@H](C)CC)C(=O)[C@H]13. The minimum atomic E-state index is -0.837. The predicted octanol–water partition coefficient (Wildman–Crippen LogP) is 3.98. The van der Waals surface area contributed by atoms with Crippen molar-refractivity contribution in [1.29, 1.82) is 0 Å². The van der Waals surface area contributed by atoms with Crippen LogP contribution in [-0.2, 0) is 14.4 Å². The van der Waals surface area contributed by atoms with Gasteiger partial charge in [-0.15, -0.1) is 11.8 Å². The number of carbonyl (C=O) groups is 3. The van der Waals surface area contributed by atoms with Crippen LogP contribution in [0, 0.1) is 24.7 Å². The van der Waals surface area contributed by atoms with Gasteiger partial charge in [0.05, 0.1) is 39.9 Å². The highest BCUT2D eigenvalue weighted by Crippen LogP contribution is 2.68. The summed E-state index contributed by atoms with van der Waals surface area (Å²) in [5.74, 6) is -1.86. The number of benzene rings is 1. The number of amides is 3. The summed E-state index contributed by atoms with van der Waals surface area (Å²) in [5.41, 5.74) is 1.34. The summed E-state index contributed by atoms with van der Waals surface area (Å²) in [6, 6.07) is 4.04. The Balaban J connectivity index is 1.80. The summed E-state index contributed by atoms with van der Waals surface area (Å²) in [6.45, 7) is 8.13. The normalized spacial score (nSPS) is 32.4. The van der Waals surface area contributed by atoms with Gasteiger partial charge in [-0.1, -0.05) is 66.9 Å². The fourth-order valence-corrected chi connectivity index (χ4v) is 10.1. The van der Waals surface area contributed by atoms with Crippen LogP contribution in [0.3, 0.4) is 0 Å². The number of hydrogen-bond donors (Lipinski definition) is 3. The second-order valence-corrected chi connectivity index (χ2v) is 13.4. The van der Waals surface area contributed by atoms with Crippen LogP contribution in [0.5, 0.6) is 0 Å². The molecule has 0 saturated carbocycles. The number of aliphatic hydroxyl groups excluding tert-OH is 1. The maximum Gasteiger partial charge on any atom is 0.248 e. The molecule has 4 rings (SSSR count). The zero-order chi connectivity index (χ0) is 26.4. The number of rotatable bonds is 9. The number of halogens is 2. The predicted molar refractivity (Wildman–Crippen MR) is 148 cm³/mol. The molecular weight excluding hydrogens is 566 g/mol. The third-order valence-corrected chi connectivity index (χ3v) is 11.7. The lowest BCUT2D eigenvalue weighted by atomic mass is 9.70. The molecule has 3 saturated heterocycles. The average Bonchev–Trinajstić information content (AvgIpc) is 3.44. The molecule has 3 heterocycles. The molecule has 1 aromatic carbocycles. The Kier molecular flexibility index (Phi) is 8.34. The first-order valence-electron chi connectivity index (χ1n) is 12.7. The smallest absolute Gasteiger partial charge is 0.248 e. The summed E-state index contributed by atoms with van der Waals surface area (Å²) in [4.78, 5) is 43.2. The van der Waals surface area contributed by atoms with E-state index in [0.29, 0.717) is 23.7 Å². The highest BCUT2D eigenvalue weighted by Gasteiger charge is 2.76. The number of thioether (sulfide) groups is 1. The number of likely N-dealkylation sites (tertiary alicyclic amines) is 1. The largest absolute Gasteiger partial charge is 0.394 e. The fraction of sp³-hybridized carbons (Fsp3) is 0.654. The number of fused-ring (bicyclic) bond motifs is 1. The molecule has 3 fully saturated rings. The third kappa shape index (κ3) is 4.37. The lowest BCUT2D eigenvalue weighted by Gasteiger charge is -2.39. The van der Waals surface area contributed by atoms with Gasteiger partial charge in [-0.2, -0.15) is 0 Å². The monoisotopic (exact) mass is 599 g/mol. The number of hydrogen-bond acceptors (Lipinski definition) is 5. The van der Waals surface area contributed by atoms with Crippen molar-refractivity contribution in [3.63, 3.8) is 0 Å². The van der Waals surface area contributed by atoms with Crippen LogP contribution in [0.4, 0.5) is 5.69 Å². The van der Waals surface area contributed by atoms with E-state index in [1.165, 1.54) is 0 Å². The molecule has 3 aliphatic rings. The van der Waals surface area contributed by atoms with Crippen molar-refractivity contribution in [3.8, 4) is 0 Å². The van der Waals surface area contributed by atoms with Gasteiger partial charge in [0, 0.05) is 16.6 Å². The van der Waals surface area contributed by atoms with Gasteiger partial charge >= 0.3 is 0 Å². The van der Waals surface area contributed by atoms with Gasteiger partial charge < -0.3 is 20.6 Å². The number of anilines is 1. The van der Waals surface area contributed by atoms with Gasteiger partial charge in [0.2, 0.25) is 17.7 Å². The fourth-order valence-electron chi connectivity index (χ4n) is 6.19. The van der Waals surface area contributed by atoms with Crippen molar-refractivity contribution in [2.75, 3.05) is 18.5 Å². The quantitative estimate of drug-likeness (QED) is 0.373. The number of alkyl halides is 1. The molecule has 198 valence electrons. The molecule has 3 unspecified atom stereocenters. The van der Waals surface area contributed by atoms with Crippen molar-refractivity contribution >= 4 is 62.7 Å². The van der Waals surface area contributed by atoms with Crippen molar-refractivity contribution in [2.24, 2.45) is 17.8 Å². The Morgan fingerprint density at radius 1 is 1.33 bits per heavy atom. The first kappa shape index (κ1) is 27.7. The van der Waals surface area contributed by atoms with E-state index >= 15 is 0 Å². The summed E-state index contributed by atoms with van der Waals surface area (Å²) in [7, 11) is 0. The van der Waals surface area contributed by atoms with Crippen molar-refractivity contribution in [2.45, 2.75) is 73.9 Å². The minimum Gasteiger partial charge on any atom is -0.394 e. The van der Waals surface area contributed by atoms with E-state index < -0.39 is 28.7 Å². The first-order valence-corrected chi connectivity index (χ1v) is 14.9. The Morgan fingerprint density at radius 2 is 2.06 bits per heavy atom. The zero-order valence-electron chi connectivity index (χ0n) is 21.1. The molecule has 3 N–H and O–H groups in total. The Bertz CT molecular complexity index is 1020. The molecular formula is C26H35BrClN3O4S. The standard InChI is InChI=1S/C26H35BrClN3O4S/c1-5-10-29-23(33)18-19-25(35)31(17(12-32)13(3)6-2)22(26(19)11-15(27)21(18)36-26)24(34)30-20-14(4)8-7-9-16(20)28/h7-9,13,15,17-19,21-22,32H,5-6,10-12H2,1-4H3,(H,29,33)(H,30,34)/t13-,15?,17-,18+,19-,21+,22?,26?/m0/s1. The van der Waals surface area contributed by atoms with Crippen molar-refractivity contribution < 1.29 is 19.5 Å². The summed E-state index contributed by atoms with van der Waals surface area (Å²) in [5, 5.41) is 16.7. The van der Waals surface area contributed by atoms with E-state index in [-0.39, 0.29) is 40.3 Å². The van der Waals surface area contributed by atoms with Gasteiger partial charge in [-0.25, -0.2) is 0 Å². The number of aliphatic hydroxyl groups is 1. The van der Waals surface area contributed by atoms with E-state index in [1.54, 1.807) is 22.7 Å². The van der Waals surface area contributed by atoms with E-state index in [2.05, 4.69) is 26.6 Å². The number of nitrogens with one attached hydrogen (secondary N) is 2. The maximum atomic E-state index is 14.2.